The number of benzene rings is 2. The lowest BCUT2D eigenvalue weighted by molar-refractivity contribution is 0.583. The topological polar surface area (TPSA) is 12.0 Å². The van der Waals surface area contributed by atoms with Crippen LogP contribution in [0.1, 0.15) is 34.6 Å². The van der Waals surface area contributed by atoms with E-state index in [4.69, 9.17) is 0 Å². The lowest BCUT2D eigenvalue weighted by atomic mass is 9.91. The van der Waals surface area contributed by atoms with Crippen LogP contribution < -0.4 is 5.32 Å². The van der Waals surface area contributed by atoms with Crippen LogP contribution >= 0.6 is 0 Å². The summed E-state index contributed by atoms with van der Waals surface area (Å²) in [7, 11) is 2.04. The third-order valence-electron chi connectivity index (χ3n) is 3.99. The molecule has 0 aliphatic rings. The van der Waals surface area contributed by atoms with Gasteiger partial charge in [0.25, 0.3) is 0 Å². The third kappa shape index (κ3) is 3.94. The van der Waals surface area contributed by atoms with Crippen molar-refractivity contribution in [2.75, 3.05) is 13.6 Å². The van der Waals surface area contributed by atoms with E-state index < -0.39 is 0 Å². The van der Waals surface area contributed by atoms with Crippen LogP contribution in [0.25, 0.3) is 0 Å². The summed E-state index contributed by atoms with van der Waals surface area (Å²) in [6.07, 6.45) is 2.34. The normalized spacial score (nSPS) is 12.3. The summed E-state index contributed by atoms with van der Waals surface area (Å²) in [4.78, 5) is 0. The highest BCUT2D eigenvalue weighted by Gasteiger charge is 2.11. The predicted molar refractivity (Wildman–Crippen MR) is 87.3 cm³/mol. The zero-order valence-electron chi connectivity index (χ0n) is 12.8. The molecule has 0 aliphatic heterocycles. The van der Waals surface area contributed by atoms with E-state index in [1.165, 1.54) is 28.7 Å². The average molecular weight is 267 g/mol. The molecule has 1 atom stereocenters. The highest BCUT2D eigenvalue weighted by molar-refractivity contribution is 5.31. The molecule has 1 N–H and O–H groups in total. The van der Waals surface area contributed by atoms with Crippen LogP contribution in [-0.4, -0.2) is 13.6 Å². The molecular weight excluding hydrogens is 242 g/mol. The fraction of sp³-hybridized carbons (Fsp3) is 0.368. The summed E-state index contributed by atoms with van der Waals surface area (Å²) in [6.45, 7) is 5.42. The van der Waals surface area contributed by atoms with Crippen molar-refractivity contribution < 1.29 is 0 Å². The molecule has 0 saturated heterocycles. The number of aryl methyl sites for hydroxylation is 3. The molecule has 0 bridgehead atoms. The van der Waals surface area contributed by atoms with Crippen molar-refractivity contribution in [3.05, 3.63) is 70.8 Å². The summed E-state index contributed by atoms with van der Waals surface area (Å²) in [5.41, 5.74) is 5.69. The summed E-state index contributed by atoms with van der Waals surface area (Å²) < 4.78 is 0. The summed E-state index contributed by atoms with van der Waals surface area (Å²) in [6, 6.07) is 17.6. The van der Waals surface area contributed by atoms with Gasteiger partial charge in [0.05, 0.1) is 0 Å². The van der Waals surface area contributed by atoms with E-state index in [0.29, 0.717) is 5.92 Å². The SMILES string of the molecule is CNCC(CCc1cc(C)ccc1C)c1ccccc1. The van der Waals surface area contributed by atoms with Gasteiger partial charge in [0, 0.05) is 6.54 Å². The van der Waals surface area contributed by atoms with E-state index in [9.17, 15) is 0 Å². The second-order valence-electron chi connectivity index (χ2n) is 5.63. The highest BCUT2D eigenvalue weighted by atomic mass is 14.8. The first-order chi connectivity index (χ1) is 9.70. The molecule has 1 nitrogen and oxygen atoms in total. The molecule has 0 amide bonds. The van der Waals surface area contributed by atoms with Gasteiger partial charge in [-0.15, -0.1) is 0 Å². The van der Waals surface area contributed by atoms with Crippen LogP contribution in [0, 0.1) is 13.8 Å². The molecule has 0 fully saturated rings. The van der Waals surface area contributed by atoms with Crippen molar-refractivity contribution in [3.8, 4) is 0 Å². The number of hydrogen-bond donors (Lipinski definition) is 1. The van der Waals surface area contributed by atoms with Crippen LogP contribution in [0.15, 0.2) is 48.5 Å². The van der Waals surface area contributed by atoms with Crippen LogP contribution in [0.3, 0.4) is 0 Å². The van der Waals surface area contributed by atoms with Crippen LogP contribution in [0.2, 0.25) is 0 Å². The molecule has 1 unspecified atom stereocenters. The van der Waals surface area contributed by atoms with Crippen LogP contribution in [0.4, 0.5) is 0 Å². The van der Waals surface area contributed by atoms with E-state index in [1.54, 1.807) is 0 Å². The van der Waals surface area contributed by atoms with Crippen molar-refractivity contribution in [1.82, 2.24) is 5.32 Å². The number of likely N-dealkylation sites (N-methyl/N-ethyl adjacent to an activating group) is 1. The zero-order valence-corrected chi connectivity index (χ0v) is 12.8. The Morgan fingerprint density at radius 2 is 1.75 bits per heavy atom. The van der Waals surface area contributed by atoms with Gasteiger partial charge in [0.1, 0.15) is 0 Å². The molecule has 0 saturated carbocycles. The Kier molecular flexibility index (Phi) is 5.37. The first-order valence-corrected chi connectivity index (χ1v) is 7.46. The maximum atomic E-state index is 3.33. The van der Waals surface area contributed by atoms with Gasteiger partial charge in [-0.2, -0.15) is 0 Å². The molecule has 0 aromatic heterocycles. The van der Waals surface area contributed by atoms with Crippen LogP contribution in [-0.2, 0) is 6.42 Å². The van der Waals surface area contributed by atoms with Gasteiger partial charge < -0.3 is 5.32 Å². The molecule has 106 valence electrons. The standard InChI is InChI=1S/C19H25N/c1-15-9-10-16(2)18(13-15)11-12-19(14-20-3)17-7-5-4-6-8-17/h4-10,13,19-20H,11-12,14H2,1-3H3. The third-order valence-corrected chi connectivity index (χ3v) is 3.99. The fourth-order valence-electron chi connectivity index (χ4n) is 2.76. The van der Waals surface area contributed by atoms with E-state index in [0.717, 1.165) is 13.0 Å². The second kappa shape index (κ2) is 7.25. The van der Waals surface area contributed by atoms with Gasteiger partial charge in [0.2, 0.25) is 0 Å². The second-order valence-corrected chi connectivity index (χ2v) is 5.63. The van der Waals surface area contributed by atoms with E-state index >= 15 is 0 Å². The molecule has 0 spiro atoms. The largest absolute Gasteiger partial charge is 0.319 e. The first-order valence-electron chi connectivity index (χ1n) is 7.46. The summed E-state index contributed by atoms with van der Waals surface area (Å²) in [5, 5.41) is 3.33. The molecule has 2 rings (SSSR count). The van der Waals surface area contributed by atoms with E-state index in [2.05, 4.69) is 67.7 Å². The smallest absolute Gasteiger partial charge is 0.00172 e. The number of nitrogens with one attached hydrogen (secondary N) is 1. The lowest BCUT2D eigenvalue weighted by Crippen LogP contribution is -2.18. The zero-order chi connectivity index (χ0) is 14.4. The number of hydrogen-bond acceptors (Lipinski definition) is 1. The molecule has 0 radical (unpaired) electrons. The quantitative estimate of drug-likeness (QED) is 0.825. The van der Waals surface area contributed by atoms with Crippen molar-refractivity contribution in [1.29, 1.82) is 0 Å². The summed E-state index contributed by atoms with van der Waals surface area (Å²) >= 11 is 0. The molecule has 2 aromatic rings. The molecule has 2 aromatic carbocycles. The minimum Gasteiger partial charge on any atom is -0.319 e. The monoisotopic (exact) mass is 267 g/mol. The minimum absolute atomic E-state index is 0.584. The van der Waals surface area contributed by atoms with Gasteiger partial charge in [0.15, 0.2) is 0 Å². The summed E-state index contributed by atoms with van der Waals surface area (Å²) in [5.74, 6) is 0.584. The Balaban J connectivity index is 2.07. The van der Waals surface area contributed by atoms with Crippen LogP contribution in [0.5, 0.6) is 0 Å². The predicted octanol–water partition coefficient (Wildman–Crippen LogP) is 4.24. The van der Waals surface area contributed by atoms with Gasteiger partial charge in [-0.1, -0.05) is 54.1 Å². The molecule has 1 heteroatoms. The lowest BCUT2D eigenvalue weighted by Gasteiger charge is -2.18. The molecule has 0 aliphatic carbocycles. The Morgan fingerprint density at radius 1 is 1.00 bits per heavy atom. The van der Waals surface area contributed by atoms with Crippen molar-refractivity contribution in [3.63, 3.8) is 0 Å². The van der Waals surface area contributed by atoms with Gasteiger partial charge in [-0.25, -0.2) is 0 Å². The molecular formula is C19H25N. The molecule has 20 heavy (non-hydrogen) atoms. The van der Waals surface area contributed by atoms with Gasteiger partial charge in [-0.05, 0) is 56.3 Å². The maximum Gasteiger partial charge on any atom is 0.00172 e. The van der Waals surface area contributed by atoms with E-state index in [1.807, 2.05) is 7.05 Å². The highest BCUT2D eigenvalue weighted by Crippen LogP contribution is 2.22. The fourth-order valence-corrected chi connectivity index (χ4v) is 2.76. The number of rotatable bonds is 6. The van der Waals surface area contributed by atoms with E-state index in [-0.39, 0.29) is 0 Å². The minimum atomic E-state index is 0.584. The molecule has 0 heterocycles. The van der Waals surface area contributed by atoms with Gasteiger partial charge in [-0.3, -0.25) is 0 Å². The Morgan fingerprint density at radius 3 is 2.45 bits per heavy atom. The van der Waals surface area contributed by atoms with Crippen molar-refractivity contribution in [2.24, 2.45) is 0 Å². The Hall–Kier alpha value is -1.60. The van der Waals surface area contributed by atoms with Crippen molar-refractivity contribution in [2.45, 2.75) is 32.6 Å². The van der Waals surface area contributed by atoms with Crippen molar-refractivity contribution >= 4 is 0 Å². The Labute approximate surface area is 123 Å². The maximum absolute atomic E-state index is 3.33. The van der Waals surface area contributed by atoms with Gasteiger partial charge >= 0.3 is 0 Å². The first kappa shape index (κ1) is 14.8. The average Bonchev–Trinajstić information content (AvgIpc) is 2.47. The Bertz CT molecular complexity index is 531.